The molecule has 6 heteroatoms. The Bertz CT molecular complexity index is 514. The molecule has 86 valence electrons. The summed E-state index contributed by atoms with van der Waals surface area (Å²) in [6.07, 6.45) is 4.97. The summed E-state index contributed by atoms with van der Waals surface area (Å²) in [5.41, 5.74) is 8.03. The van der Waals surface area contributed by atoms with E-state index < -0.39 is 0 Å². The predicted molar refractivity (Wildman–Crippen MR) is 69.5 cm³/mol. The van der Waals surface area contributed by atoms with Crippen LogP contribution in [-0.4, -0.2) is 20.2 Å². The van der Waals surface area contributed by atoms with E-state index >= 15 is 0 Å². The highest BCUT2D eigenvalue weighted by molar-refractivity contribution is 7.80. The van der Waals surface area contributed by atoms with Gasteiger partial charge in [-0.15, -0.1) is 0 Å². The Morgan fingerprint density at radius 1 is 1.35 bits per heavy atom. The van der Waals surface area contributed by atoms with Gasteiger partial charge in [0.05, 0.1) is 24.1 Å². The number of rotatable bonds is 4. The summed E-state index contributed by atoms with van der Waals surface area (Å²) < 4.78 is 0. The second kappa shape index (κ2) is 5.31. The Kier molecular flexibility index (Phi) is 3.56. The number of thiocarbonyl (C=S) groups is 1. The lowest BCUT2D eigenvalue weighted by Gasteiger charge is -2.09. The molecule has 2 heterocycles. The van der Waals surface area contributed by atoms with Crippen LogP contribution in [0.15, 0.2) is 36.8 Å². The summed E-state index contributed by atoms with van der Waals surface area (Å²) >= 11 is 4.96. The van der Waals surface area contributed by atoms with Gasteiger partial charge in [-0.2, -0.15) is 10.2 Å². The first-order valence-electron chi connectivity index (χ1n) is 5.01. The number of nitrogens with zero attached hydrogens (tertiary/aromatic N) is 3. The number of nitrogens with two attached hydrogens (primary N) is 1. The van der Waals surface area contributed by atoms with Crippen LogP contribution in [0.5, 0.6) is 0 Å². The van der Waals surface area contributed by atoms with Crippen molar-refractivity contribution in [2.24, 2.45) is 5.73 Å². The number of aromatic nitrogens is 3. The summed E-state index contributed by atoms with van der Waals surface area (Å²) in [5, 5.41) is 10.9. The number of hydrogen-bond donors (Lipinski definition) is 2. The number of pyridine rings is 1. The Morgan fingerprint density at radius 2 is 2.24 bits per heavy atom. The Morgan fingerprint density at radius 3 is 2.94 bits per heavy atom. The average Bonchev–Trinajstić information content (AvgIpc) is 2.38. The van der Waals surface area contributed by atoms with E-state index in [0.717, 1.165) is 16.9 Å². The standard InChI is InChI=1S/C11H11N5S/c12-11(17)9-3-5-13-7-10(9)14-6-8-2-1-4-15-16-8/h1-5,7,14H,6H2,(H2,12,17). The van der Waals surface area contributed by atoms with Crippen molar-refractivity contribution in [3.63, 3.8) is 0 Å². The van der Waals surface area contributed by atoms with Gasteiger partial charge in [-0.3, -0.25) is 4.98 Å². The van der Waals surface area contributed by atoms with Crippen molar-refractivity contribution < 1.29 is 0 Å². The lowest BCUT2D eigenvalue weighted by molar-refractivity contribution is 0.924. The van der Waals surface area contributed by atoms with E-state index in [9.17, 15) is 0 Å². The molecule has 2 aromatic rings. The molecule has 0 saturated heterocycles. The molecule has 5 nitrogen and oxygen atoms in total. The zero-order valence-electron chi connectivity index (χ0n) is 9.00. The minimum Gasteiger partial charge on any atom is -0.389 e. The van der Waals surface area contributed by atoms with Crippen LogP contribution in [0.3, 0.4) is 0 Å². The fourth-order valence-corrected chi connectivity index (χ4v) is 1.54. The summed E-state index contributed by atoms with van der Waals surface area (Å²) in [7, 11) is 0. The van der Waals surface area contributed by atoms with E-state index in [1.807, 2.05) is 12.1 Å². The van der Waals surface area contributed by atoms with Gasteiger partial charge in [-0.1, -0.05) is 12.2 Å². The third-order valence-electron chi connectivity index (χ3n) is 2.17. The minimum atomic E-state index is 0.342. The van der Waals surface area contributed by atoms with Crippen LogP contribution >= 0.6 is 12.2 Å². The van der Waals surface area contributed by atoms with Crippen molar-refractivity contribution in [3.05, 3.63) is 48.0 Å². The average molecular weight is 245 g/mol. The lowest BCUT2D eigenvalue weighted by atomic mass is 10.2. The fraction of sp³-hybridized carbons (Fsp3) is 0.0909. The Labute approximate surface area is 104 Å². The molecular weight excluding hydrogens is 234 g/mol. The van der Waals surface area contributed by atoms with Gasteiger partial charge in [0.2, 0.25) is 0 Å². The first kappa shape index (κ1) is 11.4. The first-order chi connectivity index (χ1) is 8.27. The topological polar surface area (TPSA) is 76.7 Å². The second-order valence-electron chi connectivity index (χ2n) is 3.35. The van der Waals surface area contributed by atoms with Gasteiger partial charge in [-0.05, 0) is 18.2 Å². The Hall–Kier alpha value is -2.08. The first-order valence-corrected chi connectivity index (χ1v) is 5.42. The van der Waals surface area contributed by atoms with E-state index in [1.165, 1.54) is 0 Å². The highest BCUT2D eigenvalue weighted by Crippen LogP contribution is 2.13. The van der Waals surface area contributed by atoms with Crippen LogP contribution in [0, 0.1) is 0 Å². The van der Waals surface area contributed by atoms with Crippen molar-refractivity contribution >= 4 is 22.9 Å². The maximum absolute atomic E-state index is 5.62. The predicted octanol–water partition coefficient (Wildman–Crippen LogP) is 1.12. The van der Waals surface area contributed by atoms with Crippen molar-refractivity contribution in [3.8, 4) is 0 Å². The fourth-order valence-electron chi connectivity index (χ4n) is 1.36. The maximum atomic E-state index is 5.62. The van der Waals surface area contributed by atoms with Crippen molar-refractivity contribution in [2.75, 3.05) is 5.32 Å². The van der Waals surface area contributed by atoms with Crippen LogP contribution in [-0.2, 0) is 6.54 Å². The third kappa shape index (κ3) is 2.94. The molecule has 0 bridgehead atoms. The monoisotopic (exact) mass is 245 g/mol. The quantitative estimate of drug-likeness (QED) is 0.786. The minimum absolute atomic E-state index is 0.342. The van der Waals surface area contributed by atoms with Gasteiger partial charge in [0.15, 0.2) is 0 Å². The molecule has 0 aliphatic carbocycles. The van der Waals surface area contributed by atoms with Gasteiger partial charge in [-0.25, -0.2) is 0 Å². The maximum Gasteiger partial charge on any atom is 0.106 e. The second-order valence-corrected chi connectivity index (χ2v) is 3.79. The summed E-state index contributed by atoms with van der Waals surface area (Å²) in [5.74, 6) is 0. The highest BCUT2D eigenvalue weighted by Gasteiger charge is 2.04. The molecule has 0 aliphatic heterocycles. The van der Waals surface area contributed by atoms with Crippen molar-refractivity contribution in [1.82, 2.24) is 15.2 Å². The SMILES string of the molecule is NC(=S)c1ccncc1NCc1cccnn1. The molecule has 0 aromatic carbocycles. The van der Waals surface area contributed by atoms with Gasteiger partial charge in [0.1, 0.15) is 4.99 Å². The van der Waals surface area contributed by atoms with Crippen molar-refractivity contribution in [2.45, 2.75) is 6.54 Å². The highest BCUT2D eigenvalue weighted by atomic mass is 32.1. The molecule has 17 heavy (non-hydrogen) atoms. The molecule has 0 amide bonds. The van der Waals surface area contributed by atoms with Crippen LogP contribution in [0.1, 0.15) is 11.3 Å². The molecule has 0 saturated carbocycles. The molecule has 3 N–H and O–H groups in total. The summed E-state index contributed by atoms with van der Waals surface area (Å²) in [4.78, 5) is 4.37. The zero-order valence-corrected chi connectivity index (χ0v) is 9.81. The Balaban J connectivity index is 2.12. The van der Waals surface area contributed by atoms with E-state index in [1.54, 1.807) is 24.7 Å². The van der Waals surface area contributed by atoms with Crippen LogP contribution in [0.4, 0.5) is 5.69 Å². The molecule has 0 spiro atoms. The largest absolute Gasteiger partial charge is 0.389 e. The molecule has 0 atom stereocenters. The summed E-state index contributed by atoms with van der Waals surface area (Å²) in [6, 6.07) is 5.50. The third-order valence-corrected chi connectivity index (χ3v) is 2.39. The van der Waals surface area contributed by atoms with E-state index in [0.29, 0.717) is 11.5 Å². The molecule has 2 rings (SSSR count). The molecular formula is C11H11N5S. The number of nitrogens with one attached hydrogen (secondary N) is 1. The summed E-state index contributed by atoms with van der Waals surface area (Å²) in [6.45, 7) is 0.551. The molecule has 0 fully saturated rings. The normalized spacial score (nSPS) is 9.88. The van der Waals surface area contributed by atoms with Crippen LogP contribution < -0.4 is 11.1 Å². The van der Waals surface area contributed by atoms with Gasteiger partial charge in [0, 0.05) is 18.0 Å². The van der Waals surface area contributed by atoms with Gasteiger partial charge < -0.3 is 11.1 Å². The van der Waals surface area contributed by atoms with E-state index in [2.05, 4.69) is 20.5 Å². The van der Waals surface area contributed by atoms with Crippen LogP contribution in [0.2, 0.25) is 0 Å². The van der Waals surface area contributed by atoms with Crippen molar-refractivity contribution in [1.29, 1.82) is 0 Å². The van der Waals surface area contributed by atoms with E-state index in [-0.39, 0.29) is 0 Å². The lowest BCUT2D eigenvalue weighted by Crippen LogP contribution is -2.13. The molecule has 0 radical (unpaired) electrons. The molecule has 0 aliphatic rings. The molecule has 2 aromatic heterocycles. The number of anilines is 1. The zero-order chi connectivity index (χ0) is 12.1. The van der Waals surface area contributed by atoms with E-state index in [4.69, 9.17) is 18.0 Å². The smallest absolute Gasteiger partial charge is 0.106 e. The van der Waals surface area contributed by atoms with Gasteiger partial charge in [0.25, 0.3) is 0 Å². The van der Waals surface area contributed by atoms with Gasteiger partial charge >= 0.3 is 0 Å². The number of hydrogen-bond acceptors (Lipinski definition) is 5. The molecule has 0 unspecified atom stereocenters. The van der Waals surface area contributed by atoms with Crippen LogP contribution in [0.25, 0.3) is 0 Å².